The van der Waals surface area contributed by atoms with E-state index in [4.69, 9.17) is 0 Å². The van der Waals surface area contributed by atoms with Gasteiger partial charge in [0.1, 0.15) is 5.78 Å². The molecule has 3 rings (SSSR count). The van der Waals surface area contributed by atoms with Crippen molar-refractivity contribution >= 4 is 17.2 Å². The molecular weight excluding hydrogens is 263 g/mol. The second-order valence-corrected chi connectivity index (χ2v) is 5.49. The molecule has 20 heavy (non-hydrogen) atoms. The van der Waals surface area contributed by atoms with Crippen molar-refractivity contribution in [3.8, 4) is 0 Å². The van der Waals surface area contributed by atoms with Gasteiger partial charge in [0, 0.05) is 42.7 Å². The third-order valence-electron chi connectivity index (χ3n) is 4.21. The predicted molar refractivity (Wildman–Crippen MR) is 71.2 cm³/mol. The van der Waals surface area contributed by atoms with Crippen molar-refractivity contribution in [2.75, 3.05) is 4.90 Å². The van der Waals surface area contributed by atoms with Crippen LogP contribution in [0.5, 0.6) is 0 Å². The van der Waals surface area contributed by atoms with Crippen molar-refractivity contribution < 1.29 is 14.1 Å². The van der Waals surface area contributed by atoms with Crippen LogP contribution in [0.2, 0.25) is 0 Å². The number of carbonyl (C=O) groups is 1. The van der Waals surface area contributed by atoms with E-state index in [1.54, 1.807) is 6.07 Å². The number of benzene rings is 1. The number of hydrogen-bond acceptors (Lipinski definition) is 4. The molecule has 1 aromatic carbocycles. The highest BCUT2D eigenvalue weighted by molar-refractivity contribution is 5.82. The fourth-order valence-electron chi connectivity index (χ4n) is 3.40. The molecule has 0 N–H and O–H groups in total. The first kappa shape index (κ1) is 13.0. The van der Waals surface area contributed by atoms with Crippen molar-refractivity contribution in [2.24, 2.45) is 0 Å². The Bertz CT molecular complexity index is 560. The smallest absolute Gasteiger partial charge is 0.304 e. The van der Waals surface area contributed by atoms with Crippen LogP contribution in [0.15, 0.2) is 18.2 Å². The highest BCUT2D eigenvalue weighted by atomic mass is 19.1. The highest BCUT2D eigenvalue weighted by Gasteiger charge is 2.38. The number of Topliss-reactive ketones (excluding diaryl/α,β-unsaturated/α-hetero) is 1. The minimum absolute atomic E-state index is 0.107. The van der Waals surface area contributed by atoms with Gasteiger partial charge in [-0.05, 0) is 25.3 Å². The number of carbonyl (C=O) groups excluding carboxylic acids is 1. The molecular formula is C14H15FN2O3. The zero-order chi connectivity index (χ0) is 14.3. The Morgan fingerprint density at radius 3 is 2.45 bits per heavy atom. The summed E-state index contributed by atoms with van der Waals surface area (Å²) in [5.74, 6) is -0.555. The van der Waals surface area contributed by atoms with Crippen molar-refractivity contribution in [3.05, 3.63) is 34.1 Å². The van der Waals surface area contributed by atoms with Crippen LogP contribution in [0.4, 0.5) is 15.8 Å². The normalized spacial score (nSPS) is 25.6. The van der Waals surface area contributed by atoms with Gasteiger partial charge in [-0.25, -0.2) is 0 Å². The van der Waals surface area contributed by atoms with Crippen LogP contribution >= 0.6 is 0 Å². The Morgan fingerprint density at radius 2 is 1.90 bits per heavy atom. The number of nitro groups is 1. The first-order valence-electron chi connectivity index (χ1n) is 6.80. The summed E-state index contributed by atoms with van der Waals surface area (Å²) in [4.78, 5) is 23.7. The van der Waals surface area contributed by atoms with Crippen molar-refractivity contribution in [2.45, 2.75) is 44.2 Å². The van der Waals surface area contributed by atoms with Gasteiger partial charge in [0.25, 0.3) is 0 Å². The molecule has 2 unspecified atom stereocenters. The fourth-order valence-corrected chi connectivity index (χ4v) is 3.40. The Labute approximate surface area is 115 Å². The van der Waals surface area contributed by atoms with E-state index in [1.807, 2.05) is 0 Å². The second kappa shape index (κ2) is 4.85. The molecule has 0 spiro atoms. The average Bonchev–Trinajstić information content (AvgIpc) is 2.36. The molecule has 2 saturated heterocycles. The molecule has 2 fully saturated rings. The van der Waals surface area contributed by atoms with Gasteiger partial charge in [-0.2, -0.15) is 4.39 Å². The third-order valence-corrected chi connectivity index (χ3v) is 4.21. The number of nitrogens with zero attached hydrogens (tertiary/aromatic N) is 2. The third kappa shape index (κ3) is 2.15. The summed E-state index contributed by atoms with van der Waals surface area (Å²) in [6.45, 7) is 0. The number of ketones is 1. The first-order valence-corrected chi connectivity index (χ1v) is 6.80. The lowest BCUT2D eigenvalue weighted by molar-refractivity contribution is -0.387. The maximum atomic E-state index is 13.8. The number of fused-ring (bicyclic) bond motifs is 2. The summed E-state index contributed by atoms with van der Waals surface area (Å²) in [5.41, 5.74) is 0.141. The molecule has 0 aliphatic carbocycles. The van der Waals surface area contributed by atoms with Gasteiger partial charge < -0.3 is 4.90 Å². The molecule has 0 saturated carbocycles. The summed E-state index contributed by atoms with van der Waals surface area (Å²) in [6.07, 6.45) is 3.90. The molecule has 0 radical (unpaired) electrons. The Morgan fingerprint density at radius 1 is 1.25 bits per heavy atom. The number of halogens is 1. The first-order chi connectivity index (χ1) is 9.56. The van der Waals surface area contributed by atoms with Crippen LogP contribution in [-0.2, 0) is 4.79 Å². The van der Waals surface area contributed by atoms with Crippen molar-refractivity contribution in [3.63, 3.8) is 0 Å². The van der Waals surface area contributed by atoms with Gasteiger partial charge in [-0.1, -0.05) is 0 Å². The maximum absolute atomic E-state index is 13.8. The minimum atomic E-state index is -0.817. The monoisotopic (exact) mass is 278 g/mol. The van der Waals surface area contributed by atoms with E-state index in [9.17, 15) is 19.3 Å². The van der Waals surface area contributed by atoms with Gasteiger partial charge in [0.05, 0.1) is 4.92 Å². The van der Waals surface area contributed by atoms with E-state index < -0.39 is 16.4 Å². The Hall–Kier alpha value is -1.98. The van der Waals surface area contributed by atoms with Gasteiger partial charge in [0.2, 0.25) is 5.82 Å². The molecule has 0 amide bonds. The molecule has 2 bridgehead atoms. The lowest BCUT2D eigenvalue weighted by Crippen LogP contribution is -2.52. The number of nitro benzene ring substituents is 1. The van der Waals surface area contributed by atoms with Crippen LogP contribution < -0.4 is 4.90 Å². The van der Waals surface area contributed by atoms with E-state index in [0.29, 0.717) is 18.5 Å². The SMILES string of the molecule is O=C1CC2CCCC(C1)N2c1ccc([N+](=O)[O-])c(F)c1. The summed E-state index contributed by atoms with van der Waals surface area (Å²) in [7, 11) is 0. The molecule has 2 aliphatic heterocycles. The highest BCUT2D eigenvalue weighted by Crippen LogP contribution is 2.37. The second-order valence-electron chi connectivity index (χ2n) is 5.49. The number of hydrogen-bond donors (Lipinski definition) is 0. The predicted octanol–water partition coefficient (Wildman–Crippen LogP) is 2.82. The zero-order valence-electron chi connectivity index (χ0n) is 10.9. The Kier molecular flexibility index (Phi) is 3.16. The van der Waals surface area contributed by atoms with Gasteiger partial charge in [0.15, 0.2) is 0 Å². The molecule has 2 atom stereocenters. The lowest BCUT2D eigenvalue weighted by atomic mass is 9.83. The van der Waals surface area contributed by atoms with Crippen LogP contribution in [0.25, 0.3) is 0 Å². The van der Waals surface area contributed by atoms with Crippen LogP contribution in [0.1, 0.15) is 32.1 Å². The average molecular weight is 278 g/mol. The van der Waals surface area contributed by atoms with Crippen LogP contribution in [0.3, 0.4) is 0 Å². The molecule has 6 heteroatoms. The molecule has 2 aliphatic rings. The number of rotatable bonds is 2. The number of piperidine rings is 2. The molecule has 2 heterocycles. The largest absolute Gasteiger partial charge is 0.365 e. The zero-order valence-corrected chi connectivity index (χ0v) is 10.9. The Balaban J connectivity index is 1.94. The molecule has 1 aromatic rings. The van der Waals surface area contributed by atoms with E-state index in [-0.39, 0.29) is 17.9 Å². The van der Waals surface area contributed by atoms with Gasteiger partial charge in [-0.15, -0.1) is 0 Å². The van der Waals surface area contributed by atoms with E-state index in [0.717, 1.165) is 19.3 Å². The summed E-state index contributed by atoms with van der Waals surface area (Å²) < 4.78 is 13.8. The molecule has 0 aromatic heterocycles. The molecule has 106 valence electrons. The topological polar surface area (TPSA) is 63.5 Å². The molecule has 5 nitrogen and oxygen atoms in total. The van der Waals surface area contributed by atoms with E-state index in [2.05, 4.69) is 4.90 Å². The van der Waals surface area contributed by atoms with E-state index in [1.165, 1.54) is 12.1 Å². The lowest BCUT2D eigenvalue weighted by Gasteiger charge is -2.47. The fraction of sp³-hybridized carbons (Fsp3) is 0.500. The standard InChI is InChI=1S/C14H15FN2O3/c15-13-8-11(4-5-14(13)17(19)20)16-9-2-1-3-10(16)7-12(18)6-9/h4-5,8-10H,1-3,6-7H2. The summed E-state index contributed by atoms with van der Waals surface area (Å²) in [5, 5.41) is 10.7. The maximum Gasteiger partial charge on any atom is 0.304 e. The minimum Gasteiger partial charge on any atom is -0.365 e. The van der Waals surface area contributed by atoms with Crippen molar-refractivity contribution in [1.29, 1.82) is 0 Å². The van der Waals surface area contributed by atoms with Gasteiger partial charge in [-0.3, -0.25) is 14.9 Å². The summed E-state index contributed by atoms with van der Waals surface area (Å²) in [6, 6.07) is 4.23. The summed E-state index contributed by atoms with van der Waals surface area (Å²) >= 11 is 0. The van der Waals surface area contributed by atoms with Crippen LogP contribution in [0, 0.1) is 15.9 Å². The van der Waals surface area contributed by atoms with Gasteiger partial charge >= 0.3 is 5.69 Å². The van der Waals surface area contributed by atoms with Crippen molar-refractivity contribution in [1.82, 2.24) is 0 Å². The van der Waals surface area contributed by atoms with Crippen LogP contribution in [-0.4, -0.2) is 22.8 Å². The quantitative estimate of drug-likeness (QED) is 0.616. The van der Waals surface area contributed by atoms with E-state index >= 15 is 0 Å². The number of anilines is 1.